The van der Waals surface area contributed by atoms with Crippen LogP contribution in [0.15, 0.2) is 59.5 Å². The molecule has 0 atom stereocenters. The molecular formula is C17H15N3O3. The van der Waals surface area contributed by atoms with Gasteiger partial charge in [0, 0.05) is 19.2 Å². The highest BCUT2D eigenvalue weighted by Crippen LogP contribution is 2.24. The average Bonchev–Trinajstić information content (AvgIpc) is 2.54. The molecule has 0 fully saturated rings. The fourth-order valence-corrected chi connectivity index (χ4v) is 2.21. The maximum absolute atomic E-state index is 12.0. The van der Waals surface area contributed by atoms with Crippen molar-refractivity contribution in [3.8, 4) is 5.75 Å². The average molecular weight is 309 g/mol. The van der Waals surface area contributed by atoms with Crippen LogP contribution in [0.25, 0.3) is 5.65 Å². The molecule has 3 aromatic rings. The lowest BCUT2D eigenvalue weighted by molar-refractivity contribution is -0.114. The first-order valence-corrected chi connectivity index (χ1v) is 7.10. The maximum Gasteiger partial charge on any atom is 0.258 e. The number of fused-ring (bicyclic) bond motifs is 1. The summed E-state index contributed by atoms with van der Waals surface area (Å²) in [6, 6.07) is 13.9. The Morgan fingerprint density at radius 1 is 1.22 bits per heavy atom. The smallest absolute Gasteiger partial charge is 0.258 e. The van der Waals surface area contributed by atoms with Crippen LogP contribution in [0.3, 0.4) is 0 Å². The van der Waals surface area contributed by atoms with Crippen molar-refractivity contribution in [2.75, 3.05) is 5.32 Å². The van der Waals surface area contributed by atoms with E-state index >= 15 is 0 Å². The second-order valence-electron chi connectivity index (χ2n) is 4.98. The van der Waals surface area contributed by atoms with Crippen LogP contribution in [0.2, 0.25) is 0 Å². The number of hydrogen-bond donors (Lipinski definition) is 1. The quantitative estimate of drug-likeness (QED) is 0.802. The predicted molar refractivity (Wildman–Crippen MR) is 86.5 cm³/mol. The van der Waals surface area contributed by atoms with Gasteiger partial charge in [-0.3, -0.25) is 14.0 Å². The molecule has 2 aromatic heterocycles. The maximum atomic E-state index is 12.0. The number of hydrogen-bond acceptors (Lipinski definition) is 4. The molecule has 1 amide bonds. The molecule has 116 valence electrons. The number of benzene rings is 1. The summed E-state index contributed by atoms with van der Waals surface area (Å²) in [7, 11) is 0. The van der Waals surface area contributed by atoms with E-state index in [0.29, 0.717) is 22.8 Å². The number of carbonyl (C=O) groups excluding carboxylic acids is 1. The van der Waals surface area contributed by atoms with Crippen molar-refractivity contribution in [3.63, 3.8) is 0 Å². The molecule has 3 rings (SSSR count). The summed E-state index contributed by atoms with van der Waals surface area (Å²) >= 11 is 0. The topological polar surface area (TPSA) is 72.7 Å². The van der Waals surface area contributed by atoms with Crippen LogP contribution in [0.5, 0.6) is 5.75 Å². The van der Waals surface area contributed by atoms with Gasteiger partial charge in [0.1, 0.15) is 18.0 Å². The van der Waals surface area contributed by atoms with Crippen molar-refractivity contribution in [2.24, 2.45) is 0 Å². The summed E-state index contributed by atoms with van der Waals surface area (Å²) in [5.41, 5.74) is 1.51. The minimum Gasteiger partial charge on any atom is -0.485 e. The van der Waals surface area contributed by atoms with Gasteiger partial charge >= 0.3 is 0 Å². The van der Waals surface area contributed by atoms with E-state index in [4.69, 9.17) is 4.74 Å². The van der Waals surface area contributed by atoms with Gasteiger partial charge in [-0.2, -0.15) is 0 Å². The Bertz CT molecular complexity index is 918. The Balaban J connectivity index is 1.84. The summed E-state index contributed by atoms with van der Waals surface area (Å²) in [5, 5.41) is 2.70. The van der Waals surface area contributed by atoms with Crippen LogP contribution >= 0.6 is 0 Å². The van der Waals surface area contributed by atoms with E-state index in [0.717, 1.165) is 0 Å². The van der Waals surface area contributed by atoms with E-state index in [-0.39, 0.29) is 18.1 Å². The fourth-order valence-electron chi connectivity index (χ4n) is 2.21. The van der Waals surface area contributed by atoms with Gasteiger partial charge in [-0.1, -0.05) is 18.2 Å². The van der Waals surface area contributed by atoms with Crippen molar-refractivity contribution < 1.29 is 9.53 Å². The lowest BCUT2D eigenvalue weighted by atomic mass is 10.3. The molecule has 0 unspecified atom stereocenters. The zero-order chi connectivity index (χ0) is 16.2. The third kappa shape index (κ3) is 3.37. The molecule has 0 aliphatic carbocycles. The molecule has 0 saturated heterocycles. The van der Waals surface area contributed by atoms with E-state index in [1.807, 2.05) is 12.1 Å². The molecule has 1 aromatic carbocycles. The Kier molecular flexibility index (Phi) is 4.05. The molecule has 0 bridgehead atoms. The predicted octanol–water partition coefficient (Wildman–Crippen LogP) is 2.23. The Morgan fingerprint density at radius 2 is 2.00 bits per heavy atom. The van der Waals surface area contributed by atoms with Crippen LogP contribution in [-0.2, 0) is 11.4 Å². The van der Waals surface area contributed by atoms with E-state index < -0.39 is 0 Å². The normalized spacial score (nSPS) is 10.5. The van der Waals surface area contributed by atoms with E-state index in [2.05, 4.69) is 10.3 Å². The van der Waals surface area contributed by atoms with Crippen LogP contribution in [-0.4, -0.2) is 15.3 Å². The van der Waals surface area contributed by atoms with Crippen molar-refractivity contribution in [1.82, 2.24) is 9.38 Å². The largest absolute Gasteiger partial charge is 0.485 e. The highest BCUT2D eigenvalue weighted by Gasteiger charge is 2.07. The second-order valence-corrected chi connectivity index (χ2v) is 4.98. The molecule has 6 heteroatoms. The molecular weight excluding hydrogens is 294 g/mol. The molecule has 2 heterocycles. The fraction of sp³-hybridized carbons (Fsp3) is 0.118. The highest BCUT2D eigenvalue weighted by molar-refractivity contribution is 5.90. The molecule has 1 N–H and O–H groups in total. The number of amides is 1. The lowest BCUT2D eigenvalue weighted by Crippen LogP contribution is -2.16. The number of nitrogens with zero attached hydrogens (tertiary/aromatic N) is 2. The van der Waals surface area contributed by atoms with Crippen LogP contribution in [0.1, 0.15) is 12.6 Å². The highest BCUT2D eigenvalue weighted by atomic mass is 16.5. The van der Waals surface area contributed by atoms with Gasteiger partial charge < -0.3 is 10.1 Å². The minimum atomic E-state index is -0.178. The van der Waals surface area contributed by atoms with Gasteiger partial charge in [-0.05, 0) is 24.3 Å². The third-order valence-electron chi connectivity index (χ3n) is 3.20. The van der Waals surface area contributed by atoms with Crippen molar-refractivity contribution >= 4 is 17.2 Å². The molecule has 0 spiro atoms. The van der Waals surface area contributed by atoms with Gasteiger partial charge in [0.25, 0.3) is 5.56 Å². The van der Waals surface area contributed by atoms with Crippen molar-refractivity contribution in [3.05, 3.63) is 70.8 Å². The molecule has 0 radical (unpaired) electrons. The summed E-state index contributed by atoms with van der Waals surface area (Å²) < 4.78 is 7.17. The Morgan fingerprint density at radius 3 is 2.83 bits per heavy atom. The first kappa shape index (κ1) is 14.8. The van der Waals surface area contributed by atoms with Crippen LogP contribution < -0.4 is 15.6 Å². The monoisotopic (exact) mass is 309 g/mol. The lowest BCUT2D eigenvalue weighted by Gasteiger charge is -2.11. The van der Waals surface area contributed by atoms with E-state index in [9.17, 15) is 9.59 Å². The van der Waals surface area contributed by atoms with Gasteiger partial charge in [0.15, 0.2) is 0 Å². The number of para-hydroxylation sites is 2. The van der Waals surface area contributed by atoms with Gasteiger partial charge in [-0.15, -0.1) is 0 Å². The van der Waals surface area contributed by atoms with Crippen molar-refractivity contribution in [1.29, 1.82) is 0 Å². The Labute approximate surface area is 132 Å². The molecule has 0 saturated carbocycles. The molecule has 23 heavy (non-hydrogen) atoms. The van der Waals surface area contributed by atoms with Gasteiger partial charge in [-0.25, -0.2) is 4.98 Å². The Hall–Kier alpha value is -3.15. The van der Waals surface area contributed by atoms with Crippen LogP contribution in [0.4, 0.5) is 5.69 Å². The standard InChI is InChI=1S/C17H15N3O3/c1-12(21)18-14-6-2-3-7-15(14)23-11-13-10-17(22)20-9-5-4-8-16(20)19-13/h2-10H,11H2,1H3,(H,18,21). The zero-order valence-electron chi connectivity index (χ0n) is 12.5. The number of ether oxygens (including phenoxy) is 1. The van der Waals surface area contributed by atoms with E-state index in [1.165, 1.54) is 17.4 Å². The number of carbonyl (C=O) groups is 1. The number of aromatic nitrogens is 2. The SMILES string of the molecule is CC(=O)Nc1ccccc1OCc1cc(=O)n2ccccc2n1. The van der Waals surface area contributed by atoms with Crippen LogP contribution in [0, 0.1) is 0 Å². The number of rotatable bonds is 4. The second kappa shape index (κ2) is 6.31. The number of nitrogens with one attached hydrogen (secondary N) is 1. The zero-order valence-corrected chi connectivity index (χ0v) is 12.5. The van der Waals surface area contributed by atoms with Gasteiger partial charge in [0.2, 0.25) is 5.91 Å². The van der Waals surface area contributed by atoms with Gasteiger partial charge in [0.05, 0.1) is 11.4 Å². The summed E-state index contributed by atoms with van der Waals surface area (Å²) in [6.07, 6.45) is 1.67. The molecule has 0 aliphatic rings. The number of pyridine rings is 1. The first-order valence-electron chi connectivity index (χ1n) is 7.10. The van der Waals surface area contributed by atoms with E-state index in [1.54, 1.807) is 36.5 Å². The summed E-state index contributed by atoms with van der Waals surface area (Å²) in [6.45, 7) is 1.57. The molecule has 6 nitrogen and oxygen atoms in total. The third-order valence-corrected chi connectivity index (χ3v) is 3.20. The minimum absolute atomic E-state index is 0.136. The molecule has 0 aliphatic heterocycles. The summed E-state index contributed by atoms with van der Waals surface area (Å²) in [4.78, 5) is 27.6. The number of anilines is 1. The summed E-state index contributed by atoms with van der Waals surface area (Å²) in [5.74, 6) is 0.348. The van der Waals surface area contributed by atoms with Crippen molar-refractivity contribution in [2.45, 2.75) is 13.5 Å². The first-order chi connectivity index (χ1) is 11.1.